The van der Waals surface area contributed by atoms with Crippen LogP contribution in [0, 0.1) is 5.82 Å². The predicted molar refractivity (Wildman–Crippen MR) is 110 cm³/mol. The number of nitrogens with two attached hydrogens (primary N) is 1. The molecule has 0 heterocycles. The Balaban J connectivity index is 2.01. The smallest absolute Gasteiger partial charge is 0.419 e. The van der Waals surface area contributed by atoms with Crippen molar-refractivity contribution in [2.45, 2.75) is 50.7 Å². The lowest BCUT2D eigenvalue weighted by Gasteiger charge is -2.24. The van der Waals surface area contributed by atoms with Crippen LogP contribution in [0.1, 0.15) is 42.0 Å². The summed E-state index contributed by atoms with van der Waals surface area (Å²) in [6.45, 7) is 1.01. The van der Waals surface area contributed by atoms with Gasteiger partial charge in [0.15, 0.2) is 0 Å². The average Bonchev–Trinajstić information content (AvgIpc) is 2.75. The molecular weight excluding hydrogens is 414 g/mol. The average molecular weight is 443 g/mol. The molecule has 0 amide bonds. The van der Waals surface area contributed by atoms with E-state index in [0.717, 1.165) is 11.6 Å². The van der Waals surface area contributed by atoms with E-state index >= 15 is 0 Å². The van der Waals surface area contributed by atoms with Gasteiger partial charge in [-0.05, 0) is 67.0 Å². The highest BCUT2D eigenvalue weighted by Crippen LogP contribution is 2.37. The quantitative estimate of drug-likeness (QED) is 0.362. The number of aliphatic hydroxyl groups excluding tert-OH is 2. The molecule has 2 aromatic carbocycles. The van der Waals surface area contributed by atoms with Crippen molar-refractivity contribution in [3.63, 3.8) is 0 Å². The summed E-state index contributed by atoms with van der Waals surface area (Å²) in [6.07, 6.45) is -2.67. The highest BCUT2D eigenvalue weighted by Gasteiger charge is 2.35. The Morgan fingerprint density at radius 2 is 1.61 bits per heavy atom. The monoisotopic (exact) mass is 443 g/mol. The summed E-state index contributed by atoms with van der Waals surface area (Å²) < 4.78 is 59.5. The first-order valence-electron chi connectivity index (χ1n) is 10.2. The van der Waals surface area contributed by atoms with Crippen LogP contribution >= 0.6 is 0 Å². The zero-order valence-corrected chi connectivity index (χ0v) is 17.5. The van der Waals surface area contributed by atoms with Crippen LogP contribution in [0.15, 0.2) is 36.4 Å². The van der Waals surface area contributed by atoms with Gasteiger partial charge in [-0.1, -0.05) is 25.1 Å². The minimum atomic E-state index is -4.59. The first-order chi connectivity index (χ1) is 14.6. The molecule has 0 aliphatic rings. The molecule has 0 bridgehead atoms. The number of hydrogen-bond donors (Lipinski definition) is 3. The summed E-state index contributed by atoms with van der Waals surface area (Å²) >= 11 is 0. The van der Waals surface area contributed by atoms with Crippen molar-refractivity contribution < 1.29 is 32.5 Å². The molecule has 4 N–H and O–H groups in total. The first kappa shape index (κ1) is 25.1. The zero-order chi connectivity index (χ0) is 23.1. The number of hydrogen-bond acceptors (Lipinski definition) is 4. The third-order valence-corrected chi connectivity index (χ3v) is 5.25. The standard InChI is InChI=1S/C23H29F4NO3/c1-2-18-12-16(5-7-20(18)24)4-3-11-31-21-8-6-17(13-19(21)23(25,26)27)9-10-22(28,14-29)15-30/h5-8,12-13,29-30H,2-4,9-11,14-15,28H2,1H3. The van der Waals surface area contributed by atoms with Crippen molar-refractivity contribution in [2.24, 2.45) is 5.73 Å². The van der Waals surface area contributed by atoms with E-state index < -0.39 is 30.5 Å². The summed E-state index contributed by atoms with van der Waals surface area (Å²) in [5.74, 6) is -0.518. The molecule has 0 aliphatic heterocycles. The van der Waals surface area contributed by atoms with Crippen LogP contribution in [-0.2, 0) is 25.4 Å². The third kappa shape index (κ3) is 7.19. The molecule has 172 valence electrons. The topological polar surface area (TPSA) is 75.7 Å². The zero-order valence-electron chi connectivity index (χ0n) is 17.5. The second-order valence-electron chi connectivity index (χ2n) is 7.74. The van der Waals surface area contributed by atoms with Crippen LogP contribution in [-0.4, -0.2) is 35.6 Å². The van der Waals surface area contributed by atoms with Gasteiger partial charge in [-0.2, -0.15) is 13.2 Å². The van der Waals surface area contributed by atoms with Crippen LogP contribution < -0.4 is 10.5 Å². The molecule has 4 nitrogen and oxygen atoms in total. The van der Waals surface area contributed by atoms with Crippen molar-refractivity contribution in [3.8, 4) is 5.75 Å². The number of benzene rings is 2. The SMILES string of the molecule is CCc1cc(CCCOc2ccc(CCC(N)(CO)CO)cc2C(F)(F)F)ccc1F. The van der Waals surface area contributed by atoms with Crippen molar-refractivity contribution in [2.75, 3.05) is 19.8 Å². The van der Waals surface area contributed by atoms with Gasteiger partial charge in [0, 0.05) is 0 Å². The lowest BCUT2D eigenvalue weighted by Crippen LogP contribution is -2.47. The van der Waals surface area contributed by atoms with E-state index in [4.69, 9.17) is 10.5 Å². The van der Waals surface area contributed by atoms with Crippen LogP contribution in [0.3, 0.4) is 0 Å². The normalized spacial score (nSPS) is 12.3. The highest BCUT2D eigenvalue weighted by molar-refractivity contribution is 5.39. The fourth-order valence-corrected chi connectivity index (χ4v) is 3.19. The van der Waals surface area contributed by atoms with Crippen LogP contribution in [0.2, 0.25) is 0 Å². The molecule has 2 rings (SSSR count). The van der Waals surface area contributed by atoms with E-state index in [1.165, 1.54) is 18.2 Å². The first-order valence-corrected chi connectivity index (χ1v) is 10.2. The van der Waals surface area contributed by atoms with Gasteiger partial charge in [-0.3, -0.25) is 0 Å². The second kappa shape index (κ2) is 10.9. The Morgan fingerprint density at radius 1 is 0.968 bits per heavy atom. The van der Waals surface area contributed by atoms with E-state index in [2.05, 4.69) is 0 Å². The summed E-state index contributed by atoms with van der Waals surface area (Å²) in [4.78, 5) is 0. The van der Waals surface area contributed by atoms with E-state index in [1.54, 1.807) is 12.1 Å². The van der Waals surface area contributed by atoms with Gasteiger partial charge in [0.1, 0.15) is 11.6 Å². The Morgan fingerprint density at radius 3 is 2.23 bits per heavy atom. The number of aliphatic hydroxyl groups is 2. The summed E-state index contributed by atoms with van der Waals surface area (Å²) in [5.41, 5.74) is 5.56. The largest absolute Gasteiger partial charge is 0.493 e. The van der Waals surface area contributed by atoms with Crippen LogP contribution in [0.25, 0.3) is 0 Å². The molecule has 0 atom stereocenters. The summed E-state index contributed by atoms with van der Waals surface area (Å²) in [6, 6.07) is 8.65. The van der Waals surface area contributed by atoms with Crippen molar-refractivity contribution in [1.29, 1.82) is 0 Å². The lowest BCUT2D eigenvalue weighted by molar-refractivity contribution is -0.139. The van der Waals surface area contributed by atoms with Crippen molar-refractivity contribution >= 4 is 0 Å². The molecule has 31 heavy (non-hydrogen) atoms. The molecule has 0 fully saturated rings. The van der Waals surface area contributed by atoms with Crippen molar-refractivity contribution in [3.05, 3.63) is 64.5 Å². The maximum absolute atomic E-state index is 13.6. The maximum atomic E-state index is 13.6. The molecular formula is C23H29F4NO3. The highest BCUT2D eigenvalue weighted by atomic mass is 19.4. The number of aryl methyl sites for hydroxylation is 3. The van der Waals surface area contributed by atoms with E-state index in [9.17, 15) is 27.8 Å². The Bertz CT molecular complexity index is 851. The molecule has 0 saturated carbocycles. The van der Waals surface area contributed by atoms with E-state index in [-0.39, 0.29) is 31.0 Å². The van der Waals surface area contributed by atoms with Crippen LogP contribution in [0.4, 0.5) is 17.6 Å². The van der Waals surface area contributed by atoms with Gasteiger partial charge >= 0.3 is 6.18 Å². The third-order valence-electron chi connectivity index (χ3n) is 5.25. The van der Waals surface area contributed by atoms with E-state index in [1.807, 2.05) is 6.92 Å². The van der Waals surface area contributed by atoms with E-state index in [0.29, 0.717) is 30.4 Å². The molecule has 0 spiro atoms. The fourth-order valence-electron chi connectivity index (χ4n) is 3.19. The molecule has 0 aromatic heterocycles. The summed E-state index contributed by atoms with van der Waals surface area (Å²) in [5, 5.41) is 18.5. The van der Waals surface area contributed by atoms with Gasteiger partial charge in [-0.15, -0.1) is 0 Å². The molecule has 0 aliphatic carbocycles. The Kier molecular flexibility index (Phi) is 8.85. The second-order valence-corrected chi connectivity index (χ2v) is 7.74. The maximum Gasteiger partial charge on any atom is 0.419 e. The fraction of sp³-hybridized carbons (Fsp3) is 0.478. The summed E-state index contributed by atoms with van der Waals surface area (Å²) in [7, 11) is 0. The van der Waals surface area contributed by atoms with Crippen LogP contribution in [0.5, 0.6) is 5.75 Å². The number of halogens is 4. The molecule has 0 saturated heterocycles. The lowest BCUT2D eigenvalue weighted by atomic mass is 9.93. The Labute approximate surface area is 179 Å². The van der Waals surface area contributed by atoms with Gasteiger partial charge in [0.2, 0.25) is 0 Å². The van der Waals surface area contributed by atoms with Gasteiger partial charge in [0.05, 0.1) is 30.9 Å². The molecule has 0 unspecified atom stereocenters. The molecule has 2 aromatic rings. The minimum absolute atomic E-state index is 0.0855. The van der Waals surface area contributed by atoms with Crippen molar-refractivity contribution in [1.82, 2.24) is 0 Å². The number of rotatable bonds is 11. The minimum Gasteiger partial charge on any atom is -0.493 e. The number of alkyl halides is 3. The van der Waals surface area contributed by atoms with Gasteiger partial charge in [-0.25, -0.2) is 4.39 Å². The molecule has 0 radical (unpaired) electrons. The number of ether oxygens (including phenoxy) is 1. The van der Waals surface area contributed by atoms with Gasteiger partial charge in [0.25, 0.3) is 0 Å². The molecule has 8 heteroatoms. The Hall–Kier alpha value is -2.16. The predicted octanol–water partition coefficient (Wildman–Crippen LogP) is 4.03. The van der Waals surface area contributed by atoms with Gasteiger partial charge < -0.3 is 20.7 Å².